The number of anilines is 1. The van der Waals surface area contributed by atoms with E-state index in [1.165, 1.54) is 11.1 Å². The summed E-state index contributed by atoms with van der Waals surface area (Å²) in [5.74, 6) is 0.750. The topological polar surface area (TPSA) is 41.6 Å². The fourth-order valence-corrected chi connectivity index (χ4v) is 2.96. The van der Waals surface area contributed by atoms with Gasteiger partial charge in [-0.15, -0.1) is 0 Å². The first-order valence-electron chi connectivity index (χ1n) is 7.93. The van der Waals surface area contributed by atoms with Crippen molar-refractivity contribution in [1.29, 1.82) is 0 Å². The molecule has 1 amide bonds. The molecule has 1 heterocycles. The Bertz CT molecular complexity index is 699. The predicted molar refractivity (Wildman–Crippen MR) is 91.6 cm³/mol. The summed E-state index contributed by atoms with van der Waals surface area (Å²) < 4.78 is 5.19. The molecule has 1 aliphatic rings. The van der Waals surface area contributed by atoms with Crippen molar-refractivity contribution in [3.05, 3.63) is 59.7 Å². The number of carbonyl (C=O) groups excluding carboxylic acids is 1. The highest BCUT2D eigenvalue weighted by molar-refractivity contribution is 5.94. The van der Waals surface area contributed by atoms with E-state index in [0.717, 1.165) is 30.9 Å². The van der Waals surface area contributed by atoms with Crippen LogP contribution in [0.3, 0.4) is 0 Å². The summed E-state index contributed by atoms with van der Waals surface area (Å²) in [4.78, 5) is 14.7. The summed E-state index contributed by atoms with van der Waals surface area (Å²) in [6, 6.07) is 15.7. The van der Waals surface area contributed by atoms with E-state index in [2.05, 4.69) is 34.5 Å². The maximum absolute atomic E-state index is 12.5. The van der Waals surface area contributed by atoms with Gasteiger partial charge in [0, 0.05) is 24.8 Å². The van der Waals surface area contributed by atoms with Crippen molar-refractivity contribution in [2.45, 2.75) is 25.9 Å². The van der Waals surface area contributed by atoms with Gasteiger partial charge in [0.2, 0.25) is 5.91 Å². The molecule has 2 aromatic carbocycles. The monoisotopic (exact) mass is 310 g/mol. The van der Waals surface area contributed by atoms with Crippen molar-refractivity contribution in [1.82, 2.24) is 4.90 Å². The van der Waals surface area contributed by atoms with E-state index in [1.54, 1.807) is 7.11 Å². The molecule has 0 aromatic heterocycles. The smallest absolute Gasteiger partial charge is 0.241 e. The van der Waals surface area contributed by atoms with E-state index in [0.29, 0.717) is 0 Å². The molecule has 2 aromatic rings. The molecule has 1 N–H and O–H groups in total. The quantitative estimate of drug-likeness (QED) is 0.943. The van der Waals surface area contributed by atoms with Gasteiger partial charge >= 0.3 is 0 Å². The summed E-state index contributed by atoms with van der Waals surface area (Å²) in [5.41, 5.74) is 3.47. The Balaban J connectivity index is 1.66. The summed E-state index contributed by atoms with van der Waals surface area (Å²) in [6.07, 6.45) is 0.993. The van der Waals surface area contributed by atoms with Crippen LogP contribution in [-0.4, -0.2) is 30.5 Å². The van der Waals surface area contributed by atoms with Gasteiger partial charge in [0.25, 0.3) is 0 Å². The van der Waals surface area contributed by atoms with Crippen LogP contribution in [0.4, 0.5) is 5.69 Å². The Kier molecular flexibility index (Phi) is 4.63. The highest BCUT2D eigenvalue weighted by Gasteiger charge is 2.25. The van der Waals surface area contributed by atoms with Gasteiger partial charge in [-0.3, -0.25) is 9.69 Å². The van der Waals surface area contributed by atoms with Gasteiger partial charge in [-0.05, 0) is 36.6 Å². The number of nitrogens with zero attached hydrogens (tertiary/aromatic N) is 1. The first kappa shape index (κ1) is 15.6. The zero-order valence-corrected chi connectivity index (χ0v) is 13.6. The number of carbonyl (C=O) groups is 1. The van der Waals surface area contributed by atoms with Crippen molar-refractivity contribution >= 4 is 11.6 Å². The lowest BCUT2D eigenvalue weighted by Crippen LogP contribution is -2.44. The van der Waals surface area contributed by atoms with Crippen molar-refractivity contribution in [2.75, 3.05) is 19.0 Å². The van der Waals surface area contributed by atoms with Gasteiger partial charge in [-0.25, -0.2) is 0 Å². The molecule has 1 aliphatic heterocycles. The lowest BCUT2D eigenvalue weighted by Gasteiger charge is -2.32. The number of hydrogen-bond acceptors (Lipinski definition) is 3. The second-order valence-corrected chi connectivity index (χ2v) is 5.89. The van der Waals surface area contributed by atoms with Crippen LogP contribution in [0.15, 0.2) is 48.5 Å². The average molecular weight is 310 g/mol. The Labute approximate surface area is 137 Å². The van der Waals surface area contributed by atoms with E-state index in [4.69, 9.17) is 4.74 Å². The number of amides is 1. The van der Waals surface area contributed by atoms with Gasteiger partial charge in [0.15, 0.2) is 0 Å². The SMILES string of the molecule is COc1cccc(NC(=O)C(C)N2CCc3ccccc3C2)c1. The van der Waals surface area contributed by atoms with Crippen LogP contribution in [0.5, 0.6) is 5.75 Å². The average Bonchev–Trinajstić information content (AvgIpc) is 2.60. The number of ether oxygens (including phenoxy) is 1. The van der Waals surface area contributed by atoms with Crippen molar-refractivity contribution < 1.29 is 9.53 Å². The second-order valence-electron chi connectivity index (χ2n) is 5.89. The van der Waals surface area contributed by atoms with Crippen LogP contribution < -0.4 is 10.1 Å². The van der Waals surface area contributed by atoms with E-state index < -0.39 is 0 Å². The predicted octanol–water partition coefficient (Wildman–Crippen LogP) is 3.08. The molecular weight excluding hydrogens is 288 g/mol. The first-order chi connectivity index (χ1) is 11.2. The number of nitrogens with one attached hydrogen (secondary N) is 1. The minimum absolute atomic E-state index is 0.0117. The van der Waals surface area contributed by atoms with Gasteiger partial charge in [0.05, 0.1) is 13.2 Å². The third kappa shape index (κ3) is 3.54. The summed E-state index contributed by atoms with van der Waals surface area (Å²) in [6.45, 7) is 3.69. The molecule has 1 unspecified atom stereocenters. The van der Waals surface area contributed by atoms with Crippen LogP contribution in [0, 0.1) is 0 Å². The Morgan fingerprint density at radius 1 is 1.17 bits per heavy atom. The lowest BCUT2D eigenvalue weighted by molar-refractivity contribution is -0.121. The third-order valence-electron chi connectivity index (χ3n) is 4.42. The first-order valence-corrected chi connectivity index (χ1v) is 7.93. The Hall–Kier alpha value is -2.33. The molecule has 0 aliphatic carbocycles. The molecule has 0 spiro atoms. The molecule has 4 nitrogen and oxygen atoms in total. The van der Waals surface area contributed by atoms with E-state index in [1.807, 2.05) is 31.2 Å². The number of rotatable bonds is 4. The molecular formula is C19H22N2O2. The maximum Gasteiger partial charge on any atom is 0.241 e. The van der Waals surface area contributed by atoms with E-state index in [9.17, 15) is 4.79 Å². The zero-order chi connectivity index (χ0) is 16.2. The second kappa shape index (κ2) is 6.84. The summed E-state index contributed by atoms with van der Waals surface area (Å²) in [7, 11) is 1.62. The Morgan fingerprint density at radius 2 is 1.96 bits per heavy atom. The fourth-order valence-electron chi connectivity index (χ4n) is 2.96. The molecule has 0 fully saturated rings. The van der Waals surface area contributed by atoms with Crippen LogP contribution in [0.2, 0.25) is 0 Å². The van der Waals surface area contributed by atoms with Crippen LogP contribution >= 0.6 is 0 Å². The Morgan fingerprint density at radius 3 is 2.74 bits per heavy atom. The minimum atomic E-state index is -0.172. The van der Waals surface area contributed by atoms with E-state index >= 15 is 0 Å². The van der Waals surface area contributed by atoms with Crippen molar-refractivity contribution in [2.24, 2.45) is 0 Å². The van der Waals surface area contributed by atoms with Crippen molar-refractivity contribution in [3.63, 3.8) is 0 Å². The summed E-state index contributed by atoms with van der Waals surface area (Å²) in [5, 5.41) is 2.98. The minimum Gasteiger partial charge on any atom is -0.497 e. The standard InChI is InChI=1S/C19H22N2O2/c1-14(19(22)20-17-8-5-9-18(12-17)23-2)21-11-10-15-6-3-4-7-16(15)13-21/h3-9,12,14H,10-11,13H2,1-2H3,(H,20,22). The molecule has 0 bridgehead atoms. The highest BCUT2D eigenvalue weighted by Crippen LogP contribution is 2.21. The maximum atomic E-state index is 12.5. The van der Waals surface area contributed by atoms with Gasteiger partial charge in [-0.1, -0.05) is 30.3 Å². The molecule has 0 saturated heterocycles. The largest absolute Gasteiger partial charge is 0.497 e. The lowest BCUT2D eigenvalue weighted by atomic mass is 9.99. The molecule has 4 heteroatoms. The van der Waals surface area contributed by atoms with Crippen LogP contribution in [0.1, 0.15) is 18.1 Å². The number of fused-ring (bicyclic) bond motifs is 1. The third-order valence-corrected chi connectivity index (χ3v) is 4.42. The zero-order valence-electron chi connectivity index (χ0n) is 13.6. The van der Waals surface area contributed by atoms with Gasteiger partial charge in [0.1, 0.15) is 5.75 Å². The number of benzene rings is 2. The molecule has 1 atom stereocenters. The molecule has 120 valence electrons. The number of methoxy groups -OCH3 is 1. The molecule has 3 rings (SSSR count). The summed E-state index contributed by atoms with van der Waals surface area (Å²) >= 11 is 0. The van der Waals surface area contributed by atoms with Gasteiger partial charge < -0.3 is 10.1 Å². The molecule has 0 radical (unpaired) electrons. The van der Waals surface area contributed by atoms with Crippen molar-refractivity contribution in [3.8, 4) is 5.75 Å². The molecule has 0 saturated carbocycles. The van der Waals surface area contributed by atoms with Crippen LogP contribution in [-0.2, 0) is 17.8 Å². The normalized spacial score (nSPS) is 15.6. The van der Waals surface area contributed by atoms with Crippen LogP contribution in [0.25, 0.3) is 0 Å². The van der Waals surface area contributed by atoms with E-state index in [-0.39, 0.29) is 11.9 Å². The molecule has 23 heavy (non-hydrogen) atoms. The highest BCUT2D eigenvalue weighted by atomic mass is 16.5. The fraction of sp³-hybridized carbons (Fsp3) is 0.316. The van der Waals surface area contributed by atoms with Gasteiger partial charge in [-0.2, -0.15) is 0 Å². The number of hydrogen-bond donors (Lipinski definition) is 1.